The van der Waals surface area contributed by atoms with E-state index >= 15 is 0 Å². The number of nitrogen functional groups attached to an aromatic ring is 1. The molecule has 142 valence electrons. The Balaban J connectivity index is 1.51. The fourth-order valence-corrected chi connectivity index (χ4v) is 4.46. The minimum absolute atomic E-state index is 0.271. The zero-order valence-corrected chi connectivity index (χ0v) is 16.3. The number of nitrogens with two attached hydrogens (primary N) is 1. The van der Waals surface area contributed by atoms with Crippen molar-refractivity contribution in [2.45, 2.75) is 5.16 Å². The predicted molar refractivity (Wildman–Crippen MR) is 112 cm³/mol. The molecule has 0 saturated heterocycles. The van der Waals surface area contributed by atoms with Crippen molar-refractivity contribution in [2.24, 2.45) is 0 Å². The average Bonchev–Trinajstić information content (AvgIpc) is 3.15. The van der Waals surface area contributed by atoms with E-state index in [0.29, 0.717) is 33.5 Å². The summed E-state index contributed by atoms with van der Waals surface area (Å²) in [7, 11) is 0. The van der Waals surface area contributed by atoms with Crippen LogP contribution in [0.4, 0.5) is 4.39 Å². The van der Waals surface area contributed by atoms with Gasteiger partial charge in [0, 0.05) is 16.7 Å². The van der Waals surface area contributed by atoms with Crippen molar-refractivity contribution in [1.82, 2.24) is 9.66 Å². The van der Waals surface area contributed by atoms with E-state index in [1.165, 1.54) is 35.2 Å². The van der Waals surface area contributed by atoms with Crippen molar-refractivity contribution >= 4 is 33.3 Å². The molecule has 0 radical (unpaired) electrons. The molecule has 0 saturated carbocycles. The summed E-state index contributed by atoms with van der Waals surface area (Å²) >= 11 is 2.76. The van der Waals surface area contributed by atoms with Crippen molar-refractivity contribution in [1.29, 1.82) is 0 Å². The van der Waals surface area contributed by atoms with Crippen LogP contribution in [0.2, 0.25) is 0 Å². The molecule has 2 aromatic heterocycles. The van der Waals surface area contributed by atoms with Crippen LogP contribution in [0.5, 0.6) is 5.75 Å². The first-order valence-corrected chi connectivity index (χ1v) is 10.4. The molecule has 2 heterocycles. The Hall–Kier alpha value is -2.84. The minimum atomic E-state index is -0.308. The number of benzene rings is 2. The number of hydrogen-bond donors (Lipinski definition) is 1. The number of hydrogen-bond acceptors (Lipinski definition) is 6. The van der Waals surface area contributed by atoms with Crippen molar-refractivity contribution in [3.8, 4) is 16.9 Å². The molecule has 8 heteroatoms. The van der Waals surface area contributed by atoms with Gasteiger partial charge in [0.15, 0.2) is 5.16 Å². The third-order valence-corrected chi connectivity index (χ3v) is 5.88. The summed E-state index contributed by atoms with van der Waals surface area (Å²) in [5, 5.41) is 2.90. The highest BCUT2D eigenvalue weighted by atomic mass is 32.2. The van der Waals surface area contributed by atoms with Crippen LogP contribution in [-0.4, -0.2) is 22.0 Å². The first-order chi connectivity index (χ1) is 13.6. The normalized spacial score (nSPS) is 11.0. The van der Waals surface area contributed by atoms with Crippen molar-refractivity contribution in [2.75, 3.05) is 18.2 Å². The smallest absolute Gasteiger partial charge is 0.282 e. The molecule has 0 fully saturated rings. The standard InChI is InChI=1S/C20H16FN3O2S2/c21-14-6-8-15(9-7-14)26-10-11-27-20-23-18-17(19(25)24(20)22)16(12-28-18)13-4-2-1-3-5-13/h1-9,12H,10-11,22H2. The number of ether oxygens (including phenoxy) is 1. The van der Waals surface area contributed by atoms with Crippen LogP contribution in [0.1, 0.15) is 0 Å². The first kappa shape index (κ1) is 18.5. The molecule has 0 bridgehead atoms. The molecular weight excluding hydrogens is 397 g/mol. The van der Waals surface area contributed by atoms with Gasteiger partial charge in [0.1, 0.15) is 16.4 Å². The van der Waals surface area contributed by atoms with E-state index in [1.54, 1.807) is 12.1 Å². The Kier molecular flexibility index (Phi) is 5.31. The van der Waals surface area contributed by atoms with Crippen LogP contribution in [-0.2, 0) is 0 Å². The summed E-state index contributed by atoms with van der Waals surface area (Å²) in [5.74, 6) is 6.83. The Bertz CT molecular complexity index is 1160. The lowest BCUT2D eigenvalue weighted by Crippen LogP contribution is -2.29. The largest absolute Gasteiger partial charge is 0.493 e. The SMILES string of the molecule is Nn1c(SCCOc2ccc(F)cc2)nc2scc(-c3ccccc3)c2c1=O. The molecule has 0 aliphatic carbocycles. The third-order valence-electron chi connectivity index (χ3n) is 4.09. The summed E-state index contributed by atoms with van der Waals surface area (Å²) in [6.07, 6.45) is 0. The summed E-state index contributed by atoms with van der Waals surface area (Å²) in [4.78, 5) is 18.0. The van der Waals surface area contributed by atoms with Crippen LogP contribution in [0.15, 0.2) is 69.9 Å². The molecule has 0 atom stereocenters. The number of rotatable bonds is 6. The van der Waals surface area contributed by atoms with Crippen molar-refractivity contribution in [3.63, 3.8) is 0 Å². The zero-order valence-electron chi connectivity index (χ0n) is 14.7. The number of thioether (sulfide) groups is 1. The molecule has 0 aliphatic heterocycles. The van der Waals surface area contributed by atoms with Crippen LogP contribution < -0.4 is 16.1 Å². The number of halogens is 1. The van der Waals surface area contributed by atoms with E-state index in [2.05, 4.69) is 4.98 Å². The minimum Gasteiger partial charge on any atom is -0.493 e. The zero-order chi connectivity index (χ0) is 19.5. The van der Waals surface area contributed by atoms with Crippen LogP contribution in [0.3, 0.4) is 0 Å². The number of aromatic nitrogens is 2. The number of nitrogens with zero attached hydrogens (tertiary/aromatic N) is 2. The van der Waals surface area contributed by atoms with Gasteiger partial charge in [-0.2, -0.15) is 0 Å². The van der Waals surface area contributed by atoms with Gasteiger partial charge in [-0.05, 0) is 29.8 Å². The Morgan fingerprint density at radius 2 is 1.89 bits per heavy atom. The van der Waals surface area contributed by atoms with E-state index in [1.807, 2.05) is 35.7 Å². The highest BCUT2D eigenvalue weighted by Gasteiger charge is 2.16. The highest BCUT2D eigenvalue weighted by Crippen LogP contribution is 2.31. The average molecular weight is 413 g/mol. The fourth-order valence-electron chi connectivity index (χ4n) is 2.74. The molecule has 0 spiro atoms. The summed E-state index contributed by atoms with van der Waals surface area (Å²) in [6, 6.07) is 15.5. The topological polar surface area (TPSA) is 70.1 Å². The molecule has 0 aliphatic rings. The second-order valence-corrected chi connectivity index (χ2v) is 7.84. The van der Waals surface area contributed by atoms with Gasteiger partial charge in [-0.25, -0.2) is 14.1 Å². The quantitative estimate of drug-likeness (QED) is 0.223. The van der Waals surface area contributed by atoms with Gasteiger partial charge in [0.2, 0.25) is 0 Å². The van der Waals surface area contributed by atoms with E-state index < -0.39 is 0 Å². The van der Waals surface area contributed by atoms with Gasteiger partial charge in [0.05, 0.1) is 12.0 Å². The molecule has 2 aromatic carbocycles. The molecule has 2 N–H and O–H groups in total. The second kappa shape index (κ2) is 8.04. The van der Waals surface area contributed by atoms with Gasteiger partial charge in [-0.3, -0.25) is 4.79 Å². The van der Waals surface area contributed by atoms with E-state index in [4.69, 9.17) is 10.6 Å². The second-order valence-electron chi connectivity index (χ2n) is 5.92. The molecule has 28 heavy (non-hydrogen) atoms. The number of fused-ring (bicyclic) bond motifs is 1. The maximum absolute atomic E-state index is 12.9. The monoisotopic (exact) mass is 413 g/mol. The lowest BCUT2D eigenvalue weighted by atomic mass is 10.1. The van der Waals surface area contributed by atoms with Gasteiger partial charge in [0.25, 0.3) is 5.56 Å². The lowest BCUT2D eigenvalue weighted by Gasteiger charge is -2.09. The van der Waals surface area contributed by atoms with Gasteiger partial charge in [-0.15, -0.1) is 11.3 Å². The molecule has 0 unspecified atom stereocenters. The number of thiophene rings is 1. The molecule has 4 rings (SSSR count). The molecule has 4 aromatic rings. The molecule has 0 amide bonds. The summed E-state index contributed by atoms with van der Waals surface area (Å²) < 4.78 is 19.6. The first-order valence-electron chi connectivity index (χ1n) is 8.49. The molecular formula is C20H16FN3O2S2. The van der Waals surface area contributed by atoms with E-state index in [9.17, 15) is 9.18 Å². The Morgan fingerprint density at radius 1 is 1.14 bits per heavy atom. The van der Waals surface area contributed by atoms with E-state index in [-0.39, 0.29) is 11.4 Å². The summed E-state index contributed by atoms with van der Waals surface area (Å²) in [5.41, 5.74) is 1.53. The summed E-state index contributed by atoms with van der Waals surface area (Å²) in [6.45, 7) is 0.379. The fraction of sp³-hybridized carbons (Fsp3) is 0.100. The predicted octanol–water partition coefficient (Wildman–Crippen LogP) is 4.15. The van der Waals surface area contributed by atoms with Crippen LogP contribution in [0, 0.1) is 5.82 Å². The van der Waals surface area contributed by atoms with Gasteiger partial charge in [-0.1, -0.05) is 42.1 Å². The Labute approximate surface area is 168 Å². The highest BCUT2D eigenvalue weighted by molar-refractivity contribution is 7.99. The maximum atomic E-state index is 12.9. The molecule has 5 nitrogen and oxygen atoms in total. The van der Waals surface area contributed by atoms with Gasteiger partial charge < -0.3 is 10.6 Å². The van der Waals surface area contributed by atoms with E-state index in [0.717, 1.165) is 15.8 Å². The van der Waals surface area contributed by atoms with Gasteiger partial charge >= 0.3 is 0 Å². The Morgan fingerprint density at radius 3 is 2.64 bits per heavy atom. The third kappa shape index (κ3) is 3.74. The van der Waals surface area contributed by atoms with Crippen LogP contribution in [0.25, 0.3) is 21.3 Å². The lowest BCUT2D eigenvalue weighted by molar-refractivity contribution is 0.343. The van der Waals surface area contributed by atoms with Crippen molar-refractivity contribution < 1.29 is 9.13 Å². The van der Waals surface area contributed by atoms with Crippen molar-refractivity contribution in [3.05, 3.63) is 76.1 Å². The maximum Gasteiger partial charge on any atom is 0.282 e. The van der Waals surface area contributed by atoms with Crippen LogP contribution >= 0.6 is 23.1 Å².